The second kappa shape index (κ2) is 3.77. The first-order valence-corrected chi connectivity index (χ1v) is 8.95. The summed E-state index contributed by atoms with van der Waals surface area (Å²) in [5.41, 5.74) is 0. The van der Waals surface area contributed by atoms with Crippen molar-refractivity contribution in [3.63, 3.8) is 0 Å². The average Bonchev–Trinajstić information content (AvgIpc) is 2.00. The van der Waals surface area contributed by atoms with Crippen LogP contribution in [-0.2, 0) is 4.57 Å². The number of halogens is 1. The van der Waals surface area contributed by atoms with Gasteiger partial charge in [-0.25, -0.2) is 0 Å². The van der Waals surface area contributed by atoms with Crippen molar-refractivity contribution in [1.82, 2.24) is 0 Å². The SMILES string of the molecule is CCC1(P(=O)(Cl)C2(CC)CCC2)CCC1. The summed E-state index contributed by atoms with van der Waals surface area (Å²) in [6.45, 7) is 1.84. The Morgan fingerprint density at radius 2 is 1.33 bits per heavy atom. The summed E-state index contributed by atoms with van der Waals surface area (Å²) >= 11 is 6.61. The second-order valence-electron chi connectivity index (χ2n) is 5.40. The molecule has 0 atom stereocenters. The first kappa shape index (κ1) is 12.0. The van der Waals surface area contributed by atoms with Gasteiger partial charge in [0.15, 0.2) is 6.49 Å². The van der Waals surface area contributed by atoms with Crippen LogP contribution in [0.25, 0.3) is 0 Å². The predicted octanol–water partition coefficient (Wildman–Crippen LogP) is 5.17. The van der Waals surface area contributed by atoms with Gasteiger partial charge in [-0.2, -0.15) is 0 Å². The molecule has 0 aliphatic heterocycles. The van der Waals surface area contributed by atoms with E-state index < -0.39 is 6.49 Å². The molecule has 0 amide bonds. The molecule has 2 fully saturated rings. The summed E-state index contributed by atoms with van der Waals surface area (Å²) in [6.07, 6.45) is 8.88. The molecule has 15 heavy (non-hydrogen) atoms. The van der Waals surface area contributed by atoms with Crippen LogP contribution in [0.1, 0.15) is 65.2 Å². The van der Waals surface area contributed by atoms with Crippen LogP contribution < -0.4 is 0 Å². The van der Waals surface area contributed by atoms with Gasteiger partial charge in [-0.15, -0.1) is 0 Å². The van der Waals surface area contributed by atoms with Crippen molar-refractivity contribution >= 4 is 17.7 Å². The fraction of sp³-hybridized carbons (Fsp3) is 1.00. The van der Waals surface area contributed by atoms with Crippen LogP contribution in [0.4, 0.5) is 0 Å². The van der Waals surface area contributed by atoms with Crippen LogP contribution in [0.2, 0.25) is 0 Å². The molecule has 2 aliphatic rings. The molecule has 0 saturated heterocycles. The van der Waals surface area contributed by atoms with Gasteiger partial charge in [0.25, 0.3) is 0 Å². The summed E-state index contributed by atoms with van der Waals surface area (Å²) in [7, 11) is 0. The third-order valence-electron chi connectivity index (χ3n) is 5.10. The molecule has 0 heterocycles. The Morgan fingerprint density at radius 1 is 1.00 bits per heavy atom. The van der Waals surface area contributed by atoms with Gasteiger partial charge in [0.1, 0.15) is 0 Å². The Kier molecular flexibility index (Phi) is 3.02. The summed E-state index contributed by atoms with van der Waals surface area (Å²) in [4.78, 5) is 0. The van der Waals surface area contributed by atoms with Crippen molar-refractivity contribution in [1.29, 1.82) is 0 Å². The van der Waals surface area contributed by atoms with Gasteiger partial charge in [0.2, 0.25) is 0 Å². The van der Waals surface area contributed by atoms with Crippen molar-refractivity contribution in [2.24, 2.45) is 0 Å². The van der Waals surface area contributed by atoms with E-state index in [1.807, 2.05) is 0 Å². The van der Waals surface area contributed by atoms with Gasteiger partial charge >= 0.3 is 0 Å². The zero-order valence-corrected chi connectivity index (χ0v) is 11.5. The average molecular weight is 249 g/mol. The minimum atomic E-state index is -2.49. The molecule has 0 bridgehead atoms. The molecule has 88 valence electrons. The molecule has 1 nitrogen and oxygen atoms in total. The quantitative estimate of drug-likeness (QED) is 0.628. The highest BCUT2D eigenvalue weighted by molar-refractivity contribution is 7.91. The van der Waals surface area contributed by atoms with Crippen molar-refractivity contribution in [3.05, 3.63) is 0 Å². The smallest absolute Gasteiger partial charge is 0.181 e. The van der Waals surface area contributed by atoms with Gasteiger partial charge in [0, 0.05) is 10.3 Å². The molecule has 0 N–H and O–H groups in total. The molecule has 2 saturated carbocycles. The van der Waals surface area contributed by atoms with Gasteiger partial charge in [0.05, 0.1) is 0 Å². The predicted molar refractivity (Wildman–Crippen MR) is 67.2 cm³/mol. The first-order valence-electron chi connectivity index (χ1n) is 6.33. The largest absolute Gasteiger partial charge is 0.305 e. The lowest BCUT2D eigenvalue weighted by Crippen LogP contribution is -2.46. The van der Waals surface area contributed by atoms with Crippen LogP contribution >= 0.6 is 17.7 Å². The third kappa shape index (κ3) is 1.39. The monoisotopic (exact) mass is 248 g/mol. The lowest BCUT2D eigenvalue weighted by molar-refractivity contribution is 0.279. The molecule has 0 aromatic rings. The molecule has 0 unspecified atom stereocenters. The molecule has 0 aromatic heterocycles. The summed E-state index contributed by atoms with van der Waals surface area (Å²) in [5, 5.41) is 0.0377. The molecule has 0 radical (unpaired) electrons. The lowest BCUT2D eigenvalue weighted by Gasteiger charge is -2.55. The highest BCUT2D eigenvalue weighted by atomic mass is 35.7. The van der Waals surface area contributed by atoms with E-state index in [0.29, 0.717) is 0 Å². The molecule has 3 heteroatoms. The van der Waals surface area contributed by atoms with Gasteiger partial charge in [-0.3, -0.25) is 0 Å². The summed E-state index contributed by atoms with van der Waals surface area (Å²) in [6, 6.07) is 0. The Labute approximate surface area is 98.1 Å². The normalized spacial score (nSPS) is 27.9. The van der Waals surface area contributed by atoms with Crippen LogP contribution in [0.5, 0.6) is 0 Å². The van der Waals surface area contributed by atoms with E-state index in [1.54, 1.807) is 0 Å². The first-order chi connectivity index (χ1) is 7.04. The Morgan fingerprint density at radius 3 is 1.47 bits per heavy atom. The Balaban J connectivity index is 2.28. The summed E-state index contributed by atoms with van der Waals surface area (Å²) in [5.74, 6) is 0. The minimum absolute atomic E-state index is 0.0188. The van der Waals surface area contributed by atoms with E-state index in [4.69, 9.17) is 11.2 Å². The van der Waals surface area contributed by atoms with Crippen molar-refractivity contribution < 1.29 is 4.57 Å². The van der Waals surface area contributed by atoms with Crippen LogP contribution in [0.15, 0.2) is 0 Å². The topological polar surface area (TPSA) is 17.1 Å². The number of hydrogen-bond donors (Lipinski definition) is 0. The number of rotatable bonds is 4. The second-order valence-corrected chi connectivity index (χ2v) is 9.79. The molecule has 0 spiro atoms. The number of hydrogen-bond acceptors (Lipinski definition) is 1. The maximum absolute atomic E-state index is 13.0. The van der Waals surface area contributed by atoms with E-state index in [2.05, 4.69) is 13.8 Å². The van der Waals surface area contributed by atoms with E-state index in [1.165, 1.54) is 12.8 Å². The Bertz CT molecular complexity index is 255. The van der Waals surface area contributed by atoms with Crippen molar-refractivity contribution in [2.75, 3.05) is 0 Å². The molecule has 2 aliphatic carbocycles. The van der Waals surface area contributed by atoms with Crippen molar-refractivity contribution in [3.8, 4) is 0 Å². The standard InChI is InChI=1S/C12H22ClOP/c1-3-11(7-5-8-11)15(13,14)12(4-2)9-6-10-12/h3-10H2,1-2H3. The van der Waals surface area contributed by atoms with E-state index in [-0.39, 0.29) is 10.3 Å². The minimum Gasteiger partial charge on any atom is -0.305 e. The highest BCUT2D eigenvalue weighted by Gasteiger charge is 2.61. The van der Waals surface area contributed by atoms with E-state index >= 15 is 0 Å². The highest BCUT2D eigenvalue weighted by Crippen LogP contribution is 2.82. The zero-order valence-electron chi connectivity index (χ0n) is 9.89. The maximum atomic E-state index is 13.0. The fourth-order valence-electron chi connectivity index (χ4n) is 3.36. The van der Waals surface area contributed by atoms with Gasteiger partial charge in [-0.1, -0.05) is 37.9 Å². The third-order valence-corrected chi connectivity index (χ3v) is 11.2. The van der Waals surface area contributed by atoms with Gasteiger partial charge in [-0.05, 0) is 38.5 Å². The molecule has 2 rings (SSSR count). The van der Waals surface area contributed by atoms with E-state index in [0.717, 1.165) is 38.5 Å². The molecular weight excluding hydrogens is 227 g/mol. The summed E-state index contributed by atoms with van der Waals surface area (Å²) < 4.78 is 13.0. The van der Waals surface area contributed by atoms with E-state index in [9.17, 15) is 4.57 Å². The lowest BCUT2D eigenvalue weighted by atomic mass is 9.81. The molecule has 0 aromatic carbocycles. The van der Waals surface area contributed by atoms with Gasteiger partial charge < -0.3 is 4.57 Å². The zero-order chi connectivity index (χ0) is 11.2. The van der Waals surface area contributed by atoms with Crippen LogP contribution in [0, 0.1) is 0 Å². The fourth-order valence-corrected chi connectivity index (χ4v) is 8.70. The maximum Gasteiger partial charge on any atom is 0.181 e. The Hall–Kier alpha value is 0.520. The van der Waals surface area contributed by atoms with Crippen LogP contribution in [0.3, 0.4) is 0 Å². The van der Waals surface area contributed by atoms with Crippen molar-refractivity contribution in [2.45, 2.75) is 75.5 Å². The van der Waals surface area contributed by atoms with Crippen LogP contribution in [-0.4, -0.2) is 10.3 Å². The molecular formula is C12H22ClOP.